The van der Waals surface area contributed by atoms with Crippen LogP contribution < -0.4 is 5.73 Å². The van der Waals surface area contributed by atoms with Crippen molar-refractivity contribution in [2.75, 3.05) is 30.3 Å². The number of hydrogen-bond acceptors (Lipinski definition) is 4. The third-order valence-corrected chi connectivity index (χ3v) is 5.87. The number of rotatable bonds is 2. The van der Waals surface area contributed by atoms with Crippen LogP contribution in [0.3, 0.4) is 0 Å². The van der Waals surface area contributed by atoms with Crippen molar-refractivity contribution in [3.8, 4) is 0 Å². The molecular weight excluding hydrogens is 280 g/mol. The Hall–Kier alpha value is -0.430. The van der Waals surface area contributed by atoms with Gasteiger partial charge in [0.05, 0.1) is 5.02 Å². The van der Waals surface area contributed by atoms with E-state index in [0.717, 1.165) is 11.5 Å². The second-order valence-electron chi connectivity index (χ2n) is 3.71. The van der Waals surface area contributed by atoms with Crippen molar-refractivity contribution in [2.45, 2.75) is 4.90 Å². The molecule has 94 valence electrons. The summed E-state index contributed by atoms with van der Waals surface area (Å²) in [6, 6.07) is 4.52. The maximum Gasteiger partial charge on any atom is 0.244 e. The van der Waals surface area contributed by atoms with Gasteiger partial charge in [0.1, 0.15) is 4.90 Å². The van der Waals surface area contributed by atoms with Gasteiger partial charge in [-0.05, 0) is 18.2 Å². The van der Waals surface area contributed by atoms with Crippen LogP contribution in [0.25, 0.3) is 0 Å². The first-order valence-corrected chi connectivity index (χ1v) is 8.12. The minimum atomic E-state index is -3.51. The van der Waals surface area contributed by atoms with Gasteiger partial charge in [0.15, 0.2) is 0 Å². The largest absolute Gasteiger partial charge is 0.399 e. The molecule has 1 aromatic rings. The van der Waals surface area contributed by atoms with Crippen LogP contribution in [0.2, 0.25) is 5.02 Å². The van der Waals surface area contributed by atoms with E-state index in [1.807, 2.05) is 0 Å². The normalized spacial score (nSPS) is 18.2. The Morgan fingerprint density at radius 2 is 1.94 bits per heavy atom. The molecule has 0 amide bonds. The molecule has 1 heterocycles. The van der Waals surface area contributed by atoms with Crippen LogP contribution in [0, 0.1) is 0 Å². The Bertz CT molecular complexity index is 513. The van der Waals surface area contributed by atoms with Gasteiger partial charge in [0, 0.05) is 30.3 Å². The summed E-state index contributed by atoms with van der Waals surface area (Å²) >= 11 is 7.69. The number of hydrogen-bond donors (Lipinski definition) is 1. The first-order valence-electron chi connectivity index (χ1n) is 5.15. The molecule has 17 heavy (non-hydrogen) atoms. The lowest BCUT2D eigenvalue weighted by Gasteiger charge is -2.26. The zero-order chi connectivity index (χ0) is 12.5. The molecule has 0 atom stereocenters. The van der Waals surface area contributed by atoms with E-state index in [-0.39, 0.29) is 9.92 Å². The van der Waals surface area contributed by atoms with Gasteiger partial charge < -0.3 is 5.73 Å². The van der Waals surface area contributed by atoms with Crippen molar-refractivity contribution in [2.24, 2.45) is 0 Å². The van der Waals surface area contributed by atoms with Crippen LogP contribution in [0.1, 0.15) is 0 Å². The number of nitrogens with two attached hydrogens (primary N) is 1. The van der Waals surface area contributed by atoms with Gasteiger partial charge >= 0.3 is 0 Å². The van der Waals surface area contributed by atoms with Crippen LogP contribution in [0.5, 0.6) is 0 Å². The third-order valence-electron chi connectivity index (χ3n) is 2.54. The maximum atomic E-state index is 12.3. The Kier molecular flexibility index (Phi) is 3.87. The molecule has 2 rings (SSSR count). The number of nitrogen functional groups attached to an aromatic ring is 1. The number of anilines is 1. The third kappa shape index (κ3) is 2.70. The zero-order valence-electron chi connectivity index (χ0n) is 9.10. The monoisotopic (exact) mass is 292 g/mol. The highest BCUT2D eigenvalue weighted by molar-refractivity contribution is 7.99. The molecule has 7 heteroatoms. The Balaban J connectivity index is 2.40. The van der Waals surface area contributed by atoms with Crippen LogP contribution in [-0.2, 0) is 10.0 Å². The second kappa shape index (κ2) is 5.06. The molecule has 4 nitrogen and oxygen atoms in total. The molecule has 0 aromatic heterocycles. The van der Waals surface area contributed by atoms with Crippen molar-refractivity contribution in [1.82, 2.24) is 4.31 Å². The first-order chi connectivity index (χ1) is 8.01. The SMILES string of the molecule is Nc1ccc(Cl)c(S(=O)(=O)N2CCSCC2)c1. The highest BCUT2D eigenvalue weighted by Gasteiger charge is 2.28. The molecule has 0 aliphatic carbocycles. The summed E-state index contributed by atoms with van der Waals surface area (Å²) < 4.78 is 26.1. The van der Waals surface area contributed by atoms with E-state index >= 15 is 0 Å². The van der Waals surface area contributed by atoms with Gasteiger partial charge in [0.25, 0.3) is 0 Å². The fraction of sp³-hybridized carbons (Fsp3) is 0.400. The smallest absolute Gasteiger partial charge is 0.244 e. The summed E-state index contributed by atoms with van der Waals surface area (Å²) in [6.45, 7) is 1.05. The lowest BCUT2D eigenvalue weighted by Crippen LogP contribution is -2.38. The molecule has 1 aliphatic heterocycles. The second-order valence-corrected chi connectivity index (χ2v) is 7.24. The van der Waals surface area contributed by atoms with Crippen molar-refractivity contribution in [3.63, 3.8) is 0 Å². The van der Waals surface area contributed by atoms with Gasteiger partial charge in [0.2, 0.25) is 10.0 Å². The van der Waals surface area contributed by atoms with Gasteiger partial charge in [-0.15, -0.1) is 0 Å². The molecular formula is C10H13ClN2O2S2. The molecule has 2 N–H and O–H groups in total. The molecule has 0 spiro atoms. The van der Waals surface area contributed by atoms with Crippen LogP contribution in [0.4, 0.5) is 5.69 Å². The average molecular weight is 293 g/mol. The molecule has 1 fully saturated rings. The number of halogens is 1. The predicted octanol–water partition coefficient (Wildman–Crippen LogP) is 1.66. The predicted molar refractivity (Wildman–Crippen MR) is 71.9 cm³/mol. The van der Waals surface area contributed by atoms with Gasteiger partial charge in [-0.2, -0.15) is 16.1 Å². The first kappa shape index (κ1) is 13.0. The van der Waals surface area contributed by atoms with E-state index < -0.39 is 10.0 Å². The van der Waals surface area contributed by atoms with Crippen molar-refractivity contribution in [1.29, 1.82) is 0 Å². The minimum absolute atomic E-state index is 0.103. The van der Waals surface area contributed by atoms with Crippen molar-refractivity contribution in [3.05, 3.63) is 23.2 Å². The van der Waals surface area contributed by atoms with Crippen molar-refractivity contribution < 1.29 is 8.42 Å². The van der Waals surface area contributed by atoms with Crippen LogP contribution in [0.15, 0.2) is 23.1 Å². The molecule has 1 saturated heterocycles. The standard InChI is InChI=1S/C10H13ClN2O2S2/c11-9-2-1-8(12)7-10(9)17(14,15)13-3-5-16-6-4-13/h1-2,7H,3-6,12H2. The van der Waals surface area contributed by atoms with E-state index in [2.05, 4.69) is 0 Å². The summed E-state index contributed by atoms with van der Waals surface area (Å²) in [6.07, 6.45) is 0. The lowest BCUT2D eigenvalue weighted by molar-refractivity contribution is 0.443. The summed E-state index contributed by atoms with van der Waals surface area (Å²) in [7, 11) is -3.51. The summed E-state index contributed by atoms with van der Waals surface area (Å²) in [5, 5.41) is 0.220. The lowest BCUT2D eigenvalue weighted by atomic mass is 10.3. The molecule has 0 bridgehead atoms. The van der Waals surface area contributed by atoms with E-state index in [9.17, 15) is 8.42 Å². The van der Waals surface area contributed by atoms with Crippen LogP contribution in [-0.4, -0.2) is 37.3 Å². The molecule has 0 unspecified atom stereocenters. The van der Waals surface area contributed by atoms with E-state index in [0.29, 0.717) is 18.8 Å². The van der Waals surface area contributed by atoms with Gasteiger partial charge in [-0.25, -0.2) is 8.42 Å². The Morgan fingerprint density at radius 1 is 1.29 bits per heavy atom. The average Bonchev–Trinajstić information content (AvgIpc) is 2.33. The number of sulfonamides is 1. The highest BCUT2D eigenvalue weighted by atomic mass is 35.5. The summed E-state index contributed by atoms with van der Waals surface area (Å²) in [5.74, 6) is 1.64. The maximum absolute atomic E-state index is 12.3. The molecule has 1 aromatic carbocycles. The fourth-order valence-corrected chi connectivity index (χ4v) is 4.73. The molecule has 0 saturated carbocycles. The van der Waals surface area contributed by atoms with Gasteiger partial charge in [-0.1, -0.05) is 11.6 Å². The summed E-state index contributed by atoms with van der Waals surface area (Å²) in [4.78, 5) is 0.103. The van der Waals surface area contributed by atoms with Gasteiger partial charge in [-0.3, -0.25) is 0 Å². The zero-order valence-corrected chi connectivity index (χ0v) is 11.5. The molecule has 0 radical (unpaired) electrons. The summed E-state index contributed by atoms with van der Waals surface area (Å²) in [5.41, 5.74) is 6.01. The van der Waals surface area contributed by atoms with Crippen molar-refractivity contribution >= 4 is 39.1 Å². The fourth-order valence-electron chi connectivity index (χ4n) is 1.64. The minimum Gasteiger partial charge on any atom is -0.399 e. The van der Waals surface area contributed by atoms with E-state index in [1.165, 1.54) is 16.4 Å². The Labute approximate surface area is 110 Å². The highest BCUT2D eigenvalue weighted by Crippen LogP contribution is 2.28. The van der Waals surface area contributed by atoms with Crippen LogP contribution >= 0.6 is 23.4 Å². The topological polar surface area (TPSA) is 63.4 Å². The van der Waals surface area contributed by atoms with E-state index in [4.69, 9.17) is 17.3 Å². The molecule has 1 aliphatic rings. The quantitative estimate of drug-likeness (QED) is 0.842. The number of benzene rings is 1. The van der Waals surface area contributed by atoms with E-state index in [1.54, 1.807) is 17.8 Å². The number of nitrogens with zero attached hydrogens (tertiary/aromatic N) is 1. The Morgan fingerprint density at radius 3 is 2.59 bits per heavy atom. The number of thioether (sulfide) groups is 1.